The second-order valence-electron chi connectivity index (χ2n) is 5.22. The number of nitrogens with one attached hydrogen (secondary N) is 1. The Hall–Kier alpha value is -1.52. The number of hydrogen-bond donors (Lipinski definition) is 1. The number of hydrogen-bond acceptors (Lipinski definition) is 4. The molecule has 112 valence electrons. The first-order valence-electron chi connectivity index (χ1n) is 7.52. The van der Waals surface area contributed by atoms with Crippen LogP contribution in [-0.2, 0) is 6.54 Å². The van der Waals surface area contributed by atoms with Crippen LogP contribution in [0.1, 0.15) is 36.2 Å². The lowest BCUT2D eigenvalue weighted by molar-refractivity contribution is 0.171. The third kappa shape index (κ3) is 3.57. The van der Waals surface area contributed by atoms with E-state index in [1.807, 2.05) is 17.4 Å². The molecule has 0 saturated heterocycles. The standard InChI is InChI=1S/C17H21NO2S/c1-2-4-14(17-5-3-10-21-17)18-12-13-6-7-15-16(11-13)20-9-8-19-15/h3,5-7,10-11,14,18H,2,4,8-9,12H2,1H3. The Kier molecular flexibility index (Phi) is 4.78. The zero-order valence-electron chi connectivity index (χ0n) is 12.3. The van der Waals surface area contributed by atoms with Crippen LogP contribution in [0, 0.1) is 0 Å². The lowest BCUT2D eigenvalue weighted by atomic mass is 10.1. The molecule has 0 bridgehead atoms. The molecule has 1 atom stereocenters. The fourth-order valence-electron chi connectivity index (χ4n) is 2.56. The first-order chi connectivity index (χ1) is 10.4. The number of rotatable bonds is 6. The quantitative estimate of drug-likeness (QED) is 0.869. The highest BCUT2D eigenvalue weighted by Crippen LogP contribution is 2.31. The van der Waals surface area contributed by atoms with Crippen LogP contribution in [0.2, 0.25) is 0 Å². The van der Waals surface area contributed by atoms with E-state index in [2.05, 4.69) is 41.9 Å². The largest absolute Gasteiger partial charge is 0.486 e. The van der Waals surface area contributed by atoms with Crippen molar-refractivity contribution in [3.63, 3.8) is 0 Å². The Morgan fingerprint density at radius 1 is 1.19 bits per heavy atom. The number of fused-ring (bicyclic) bond motifs is 1. The Labute approximate surface area is 129 Å². The Bertz CT molecular complexity index is 568. The minimum absolute atomic E-state index is 0.434. The van der Waals surface area contributed by atoms with Crippen LogP contribution in [0.25, 0.3) is 0 Å². The minimum atomic E-state index is 0.434. The fraction of sp³-hybridized carbons (Fsp3) is 0.412. The molecule has 1 aromatic heterocycles. The molecular weight excluding hydrogens is 282 g/mol. The van der Waals surface area contributed by atoms with Crippen molar-refractivity contribution in [1.29, 1.82) is 0 Å². The van der Waals surface area contributed by atoms with Gasteiger partial charge in [-0.1, -0.05) is 25.5 Å². The second kappa shape index (κ2) is 6.96. The summed E-state index contributed by atoms with van der Waals surface area (Å²) in [6, 6.07) is 11.0. The van der Waals surface area contributed by atoms with E-state index in [1.165, 1.54) is 16.9 Å². The molecule has 0 saturated carbocycles. The van der Waals surface area contributed by atoms with E-state index in [4.69, 9.17) is 9.47 Å². The summed E-state index contributed by atoms with van der Waals surface area (Å²) in [6.07, 6.45) is 2.34. The number of thiophene rings is 1. The maximum Gasteiger partial charge on any atom is 0.161 e. The molecule has 3 rings (SSSR count). The van der Waals surface area contributed by atoms with Crippen molar-refractivity contribution in [3.8, 4) is 11.5 Å². The van der Waals surface area contributed by atoms with Gasteiger partial charge in [0.2, 0.25) is 0 Å². The molecule has 2 aromatic rings. The number of benzene rings is 1. The van der Waals surface area contributed by atoms with Gasteiger partial charge in [0.25, 0.3) is 0 Å². The highest BCUT2D eigenvalue weighted by molar-refractivity contribution is 7.10. The topological polar surface area (TPSA) is 30.5 Å². The summed E-state index contributed by atoms with van der Waals surface area (Å²) >= 11 is 1.82. The molecule has 1 N–H and O–H groups in total. The van der Waals surface area contributed by atoms with Gasteiger partial charge in [0.05, 0.1) is 0 Å². The van der Waals surface area contributed by atoms with Gasteiger partial charge < -0.3 is 14.8 Å². The van der Waals surface area contributed by atoms with Crippen LogP contribution in [0.15, 0.2) is 35.7 Å². The zero-order valence-corrected chi connectivity index (χ0v) is 13.1. The molecule has 2 heterocycles. The first-order valence-corrected chi connectivity index (χ1v) is 8.40. The van der Waals surface area contributed by atoms with Crippen LogP contribution >= 0.6 is 11.3 Å². The summed E-state index contributed by atoms with van der Waals surface area (Å²) in [5.74, 6) is 1.72. The molecule has 1 aliphatic heterocycles. The molecule has 3 nitrogen and oxygen atoms in total. The van der Waals surface area contributed by atoms with Crippen LogP contribution in [0.4, 0.5) is 0 Å². The van der Waals surface area contributed by atoms with Crippen molar-refractivity contribution in [1.82, 2.24) is 5.32 Å². The summed E-state index contributed by atoms with van der Waals surface area (Å²) in [5.41, 5.74) is 1.23. The van der Waals surface area contributed by atoms with E-state index in [0.29, 0.717) is 19.3 Å². The molecule has 0 fully saturated rings. The van der Waals surface area contributed by atoms with Gasteiger partial charge in [0.15, 0.2) is 11.5 Å². The van der Waals surface area contributed by atoms with Gasteiger partial charge in [-0.25, -0.2) is 0 Å². The molecule has 21 heavy (non-hydrogen) atoms. The van der Waals surface area contributed by atoms with Crippen LogP contribution in [-0.4, -0.2) is 13.2 Å². The fourth-order valence-corrected chi connectivity index (χ4v) is 3.40. The SMILES string of the molecule is CCCC(NCc1ccc2c(c1)OCCO2)c1cccs1. The van der Waals surface area contributed by atoms with Crippen molar-refractivity contribution in [2.45, 2.75) is 32.4 Å². The highest BCUT2D eigenvalue weighted by Gasteiger charge is 2.14. The van der Waals surface area contributed by atoms with E-state index in [0.717, 1.165) is 24.5 Å². The molecule has 0 amide bonds. The Morgan fingerprint density at radius 3 is 2.81 bits per heavy atom. The first kappa shape index (κ1) is 14.4. The third-order valence-electron chi connectivity index (χ3n) is 3.62. The van der Waals surface area contributed by atoms with Gasteiger partial charge in [-0.05, 0) is 35.6 Å². The molecule has 1 aromatic carbocycles. The Balaban J connectivity index is 1.65. The van der Waals surface area contributed by atoms with Gasteiger partial charge in [-0.2, -0.15) is 0 Å². The summed E-state index contributed by atoms with van der Waals surface area (Å²) in [6.45, 7) is 4.35. The average molecular weight is 303 g/mol. The van der Waals surface area contributed by atoms with Gasteiger partial charge in [0.1, 0.15) is 13.2 Å². The summed E-state index contributed by atoms with van der Waals surface area (Å²) in [4.78, 5) is 1.41. The molecule has 4 heteroatoms. The predicted molar refractivity (Wildman–Crippen MR) is 86.2 cm³/mol. The number of ether oxygens (including phenoxy) is 2. The van der Waals surface area contributed by atoms with E-state index >= 15 is 0 Å². The smallest absolute Gasteiger partial charge is 0.161 e. The van der Waals surface area contributed by atoms with Crippen molar-refractivity contribution in [2.75, 3.05) is 13.2 Å². The molecular formula is C17H21NO2S. The van der Waals surface area contributed by atoms with Gasteiger partial charge in [0, 0.05) is 17.5 Å². The van der Waals surface area contributed by atoms with Crippen LogP contribution in [0.5, 0.6) is 11.5 Å². The molecule has 1 aliphatic rings. The van der Waals surface area contributed by atoms with Crippen molar-refractivity contribution < 1.29 is 9.47 Å². The summed E-state index contributed by atoms with van der Waals surface area (Å²) in [5, 5.41) is 5.80. The average Bonchev–Trinajstić information content (AvgIpc) is 3.05. The van der Waals surface area contributed by atoms with E-state index < -0.39 is 0 Å². The maximum atomic E-state index is 5.64. The summed E-state index contributed by atoms with van der Waals surface area (Å²) in [7, 11) is 0. The van der Waals surface area contributed by atoms with Gasteiger partial charge in [-0.3, -0.25) is 0 Å². The molecule has 1 unspecified atom stereocenters. The molecule has 0 aliphatic carbocycles. The normalized spacial score (nSPS) is 14.9. The highest BCUT2D eigenvalue weighted by atomic mass is 32.1. The van der Waals surface area contributed by atoms with Crippen LogP contribution < -0.4 is 14.8 Å². The van der Waals surface area contributed by atoms with Gasteiger partial charge >= 0.3 is 0 Å². The van der Waals surface area contributed by atoms with Gasteiger partial charge in [-0.15, -0.1) is 11.3 Å². The lowest BCUT2D eigenvalue weighted by Crippen LogP contribution is -2.20. The molecule has 0 spiro atoms. The maximum absolute atomic E-state index is 5.64. The lowest BCUT2D eigenvalue weighted by Gasteiger charge is -2.20. The van der Waals surface area contributed by atoms with Crippen molar-refractivity contribution >= 4 is 11.3 Å². The monoisotopic (exact) mass is 303 g/mol. The predicted octanol–water partition coefficient (Wildman–Crippen LogP) is 4.15. The van der Waals surface area contributed by atoms with E-state index in [9.17, 15) is 0 Å². The van der Waals surface area contributed by atoms with E-state index in [1.54, 1.807) is 0 Å². The zero-order chi connectivity index (χ0) is 14.5. The van der Waals surface area contributed by atoms with Crippen molar-refractivity contribution in [2.24, 2.45) is 0 Å². The third-order valence-corrected chi connectivity index (χ3v) is 4.61. The second-order valence-corrected chi connectivity index (χ2v) is 6.19. The van der Waals surface area contributed by atoms with E-state index in [-0.39, 0.29) is 0 Å². The Morgan fingerprint density at radius 2 is 2.05 bits per heavy atom. The molecule has 0 radical (unpaired) electrons. The van der Waals surface area contributed by atoms with Crippen molar-refractivity contribution in [3.05, 3.63) is 46.2 Å². The summed E-state index contributed by atoms with van der Waals surface area (Å²) < 4.78 is 11.2. The van der Waals surface area contributed by atoms with Crippen LogP contribution in [0.3, 0.4) is 0 Å². The minimum Gasteiger partial charge on any atom is -0.486 e.